The number of aliphatic hydroxyl groups is 2. The molecule has 0 amide bonds. The second-order valence-electron chi connectivity index (χ2n) is 13.3. The molecule has 52 heavy (non-hydrogen) atoms. The molecule has 0 aromatic rings. The molecule has 2 N–H and O–H groups in total. The largest absolute Gasteiger partial charge is 0.464 e. The number of hydrogen-bond acceptors (Lipinski definition) is 13. The van der Waals surface area contributed by atoms with Gasteiger partial charge in [-0.25, -0.2) is 9.59 Å². The predicted octanol–water partition coefficient (Wildman–Crippen LogP) is 4.40. The average molecular weight is 746 g/mol. The minimum atomic E-state index is -1.21. The lowest BCUT2D eigenvalue weighted by molar-refractivity contribution is -0.155. The van der Waals surface area contributed by atoms with Crippen LogP contribution >= 0.6 is 0 Å². The minimum Gasteiger partial charge on any atom is -0.464 e. The van der Waals surface area contributed by atoms with Crippen molar-refractivity contribution in [3.63, 3.8) is 0 Å². The molecule has 0 saturated heterocycles. The highest BCUT2D eigenvalue weighted by Gasteiger charge is 2.20. The first-order valence-electron chi connectivity index (χ1n) is 19.6. The van der Waals surface area contributed by atoms with E-state index in [1.54, 1.807) is 0 Å². The molecule has 0 rings (SSSR count). The third kappa shape index (κ3) is 33.9. The maximum atomic E-state index is 12.2. The first-order chi connectivity index (χ1) is 25.2. The Kier molecular flexibility index (Phi) is 36.0. The van der Waals surface area contributed by atoms with E-state index < -0.39 is 24.1 Å². The maximum absolute atomic E-state index is 12.2. The van der Waals surface area contributed by atoms with Crippen LogP contribution in [0.25, 0.3) is 0 Å². The van der Waals surface area contributed by atoms with Crippen LogP contribution in [0.15, 0.2) is 24.3 Å². The Bertz CT molecular complexity index is 811. The van der Waals surface area contributed by atoms with E-state index in [0.717, 1.165) is 38.5 Å². The standard InChI is InChI=1S/C39H75N3O10/c1-6-8-10-12-14-16-26-47-34-49-28-18-20-30-51-38(45)36(43)32-41(4)24-22-40(3)23-25-42(5)33-37(44)39(46)52-31-21-19-29-50-35-48-27-17-15-13-11-9-7-2/h12-15,36-37,43-44H,6-11,16-35H2,1-5H3/b14-12-,15-13-. The van der Waals surface area contributed by atoms with E-state index in [0.29, 0.717) is 65.4 Å². The van der Waals surface area contributed by atoms with Crippen molar-refractivity contribution in [2.45, 2.75) is 103 Å². The van der Waals surface area contributed by atoms with Crippen molar-refractivity contribution >= 4 is 11.9 Å². The number of hydrogen-bond donors (Lipinski definition) is 2. The van der Waals surface area contributed by atoms with E-state index in [2.05, 4.69) is 43.1 Å². The molecule has 0 aliphatic carbocycles. The van der Waals surface area contributed by atoms with Gasteiger partial charge in [0.1, 0.15) is 13.6 Å². The minimum absolute atomic E-state index is 0.174. The molecule has 2 atom stereocenters. The van der Waals surface area contributed by atoms with Gasteiger partial charge in [0.05, 0.1) is 26.4 Å². The van der Waals surface area contributed by atoms with Crippen LogP contribution in [-0.4, -0.2) is 163 Å². The molecule has 0 saturated carbocycles. The summed E-state index contributed by atoms with van der Waals surface area (Å²) in [4.78, 5) is 30.3. The van der Waals surface area contributed by atoms with Crippen molar-refractivity contribution < 1.29 is 48.2 Å². The van der Waals surface area contributed by atoms with Crippen molar-refractivity contribution in [3.05, 3.63) is 24.3 Å². The smallest absolute Gasteiger partial charge is 0.336 e. The summed E-state index contributed by atoms with van der Waals surface area (Å²) in [7, 11) is 5.67. The number of rotatable bonds is 38. The lowest BCUT2D eigenvalue weighted by Gasteiger charge is -2.26. The summed E-state index contributed by atoms with van der Waals surface area (Å²) in [5, 5.41) is 20.5. The van der Waals surface area contributed by atoms with Crippen LogP contribution in [0.5, 0.6) is 0 Å². The van der Waals surface area contributed by atoms with E-state index >= 15 is 0 Å². The summed E-state index contributed by atoms with van der Waals surface area (Å²) >= 11 is 0. The third-order valence-corrected chi connectivity index (χ3v) is 8.07. The van der Waals surface area contributed by atoms with Gasteiger partial charge in [0, 0.05) is 52.5 Å². The summed E-state index contributed by atoms with van der Waals surface area (Å²) in [6.07, 6.45) is 17.9. The molecular formula is C39H75N3O10. The number of allylic oxidation sites excluding steroid dienone is 2. The SMILES string of the molecule is CCCC/C=C\CCOCOCCCCOC(=O)C(O)CN(C)CCN(C)CCN(C)CC(O)C(=O)OCCCCOCOCC/C=C\CCCC. The maximum Gasteiger partial charge on any atom is 0.336 e. The molecule has 13 nitrogen and oxygen atoms in total. The number of unbranched alkanes of at least 4 members (excludes halogenated alkanes) is 6. The Balaban J connectivity index is 3.79. The van der Waals surface area contributed by atoms with Crippen molar-refractivity contribution in [1.29, 1.82) is 0 Å². The highest BCUT2D eigenvalue weighted by atomic mass is 16.7. The topological polar surface area (TPSA) is 140 Å². The van der Waals surface area contributed by atoms with Crippen molar-refractivity contribution in [1.82, 2.24) is 14.7 Å². The average Bonchev–Trinajstić information content (AvgIpc) is 3.13. The highest BCUT2D eigenvalue weighted by Crippen LogP contribution is 2.01. The fourth-order valence-electron chi connectivity index (χ4n) is 4.64. The second-order valence-corrected chi connectivity index (χ2v) is 13.3. The molecule has 0 spiro atoms. The molecule has 2 unspecified atom stereocenters. The quantitative estimate of drug-likeness (QED) is 0.0400. The van der Waals surface area contributed by atoms with E-state index in [-0.39, 0.29) is 39.9 Å². The lowest BCUT2D eigenvalue weighted by atomic mass is 10.2. The van der Waals surface area contributed by atoms with Crippen LogP contribution in [0.1, 0.15) is 90.9 Å². The fraction of sp³-hybridized carbons (Fsp3) is 0.846. The van der Waals surface area contributed by atoms with Gasteiger partial charge in [-0.3, -0.25) is 0 Å². The summed E-state index contributed by atoms with van der Waals surface area (Å²) in [6, 6.07) is 0. The van der Waals surface area contributed by atoms with Gasteiger partial charge in [-0.05, 0) is 72.5 Å². The van der Waals surface area contributed by atoms with Crippen LogP contribution in [0.2, 0.25) is 0 Å². The molecule has 0 heterocycles. The van der Waals surface area contributed by atoms with Crippen molar-refractivity contribution in [2.24, 2.45) is 0 Å². The zero-order valence-electron chi connectivity index (χ0n) is 33.4. The number of carbonyl (C=O) groups excluding carboxylic acids is 2. The normalized spacial score (nSPS) is 13.3. The van der Waals surface area contributed by atoms with Crippen LogP contribution in [0.4, 0.5) is 0 Å². The van der Waals surface area contributed by atoms with Gasteiger partial charge in [0.15, 0.2) is 12.2 Å². The number of likely N-dealkylation sites (N-methyl/N-ethyl adjacent to an activating group) is 3. The molecule has 0 aliphatic heterocycles. The van der Waals surface area contributed by atoms with Gasteiger partial charge >= 0.3 is 11.9 Å². The Hall–Kier alpha value is -1.94. The number of aliphatic hydroxyl groups excluding tert-OH is 2. The molecule has 0 aromatic heterocycles. The Morgan fingerprint density at radius 2 is 0.846 bits per heavy atom. The van der Waals surface area contributed by atoms with Gasteiger partial charge in [-0.1, -0.05) is 63.8 Å². The molecule has 0 radical (unpaired) electrons. The Morgan fingerprint density at radius 3 is 1.25 bits per heavy atom. The first-order valence-corrected chi connectivity index (χ1v) is 19.6. The zero-order valence-corrected chi connectivity index (χ0v) is 33.4. The predicted molar refractivity (Wildman–Crippen MR) is 205 cm³/mol. The third-order valence-electron chi connectivity index (χ3n) is 8.07. The Labute approximate surface area is 315 Å². The Morgan fingerprint density at radius 1 is 0.500 bits per heavy atom. The number of nitrogens with zero attached hydrogens (tertiary/aromatic N) is 3. The van der Waals surface area contributed by atoms with E-state index in [1.807, 2.05) is 30.9 Å². The first kappa shape index (κ1) is 50.1. The molecule has 0 bridgehead atoms. The lowest BCUT2D eigenvalue weighted by Crippen LogP contribution is -2.42. The second kappa shape index (κ2) is 37.4. The van der Waals surface area contributed by atoms with Gasteiger partial charge in [0.25, 0.3) is 0 Å². The van der Waals surface area contributed by atoms with E-state index in [1.165, 1.54) is 25.7 Å². The van der Waals surface area contributed by atoms with E-state index in [9.17, 15) is 19.8 Å². The van der Waals surface area contributed by atoms with Crippen LogP contribution in [-0.2, 0) is 38.0 Å². The molecule has 0 fully saturated rings. The molecular weight excluding hydrogens is 670 g/mol. The van der Waals surface area contributed by atoms with Crippen molar-refractivity contribution in [2.75, 3.05) is 114 Å². The fourth-order valence-corrected chi connectivity index (χ4v) is 4.64. The number of esters is 2. The zero-order chi connectivity index (χ0) is 38.5. The molecule has 0 aliphatic rings. The summed E-state index contributed by atoms with van der Waals surface area (Å²) < 4.78 is 32.2. The van der Waals surface area contributed by atoms with Crippen molar-refractivity contribution in [3.8, 4) is 0 Å². The van der Waals surface area contributed by atoms with Crippen LogP contribution in [0.3, 0.4) is 0 Å². The summed E-state index contributed by atoms with van der Waals surface area (Å²) in [5.74, 6) is -1.25. The van der Waals surface area contributed by atoms with Crippen LogP contribution in [0, 0.1) is 0 Å². The van der Waals surface area contributed by atoms with E-state index in [4.69, 9.17) is 28.4 Å². The van der Waals surface area contributed by atoms with Gasteiger partial charge in [-0.15, -0.1) is 0 Å². The number of ether oxygens (including phenoxy) is 6. The van der Waals surface area contributed by atoms with Gasteiger partial charge in [-0.2, -0.15) is 0 Å². The summed E-state index contributed by atoms with van der Waals surface area (Å²) in [6.45, 7) is 10.7. The molecule has 13 heteroatoms. The van der Waals surface area contributed by atoms with Crippen LogP contribution < -0.4 is 0 Å². The summed E-state index contributed by atoms with van der Waals surface area (Å²) in [5.41, 5.74) is 0. The molecule has 306 valence electrons. The van der Waals surface area contributed by atoms with Gasteiger partial charge < -0.3 is 53.3 Å². The molecule has 0 aromatic carbocycles. The highest BCUT2D eigenvalue weighted by molar-refractivity contribution is 5.75. The van der Waals surface area contributed by atoms with Gasteiger partial charge in [0.2, 0.25) is 0 Å². The number of carbonyl (C=O) groups is 2. The monoisotopic (exact) mass is 746 g/mol.